The standard InChI is InChI=1S/C25H20ClNO2/c26-18-9-6-16(7-10-18)25-21-5-1-4-20(21)22-15-17(8-12-23(22)27-25)24(28)13-11-19-3-2-14-29-19/h1-4,6-15,20-21,25,27H,5H2/b13-11+/t20-,21+,25+/m1/s1. The molecule has 2 aromatic carbocycles. The quantitative estimate of drug-likeness (QED) is 0.302. The van der Waals surface area contributed by atoms with Crippen LogP contribution in [0.5, 0.6) is 0 Å². The van der Waals surface area contributed by atoms with Crippen molar-refractivity contribution in [1.82, 2.24) is 0 Å². The lowest BCUT2D eigenvalue weighted by atomic mass is 9.76. The molecule has 0 fully saturated rings. The van der Waals surface area contributed by atoms with E-state index in [0.717, 1.165) is 17.1 Å². The Kier molecular flexibility index (Phi) is 4.61. The van der Waals surface area contributed by atoms with Gasteiger partial charge in [0.2, 0.25) is 0 Å². The minimum atomic E-state index is -0.0254. The molecule has 4 heteroatoms. The number of hydrogen-bond acceptors (Lipinski definition) is 3. The summed E-state index contributed by atoms with van der Waals surface area (Å²) < 4.78 is 5.26. The van der Waals surface area contributed by atoms with Gasteiger partial charge >= 0.3 is 0 Å². The molecule has 5 rings (SSSR count). The molecule has 144 valence electrons. The number of allylic oxidation sites excluding steroid dienone is 3. The van der Waals surface area contributed by atoms with Crippen LogP contribution in [0.2, 0.25) is 5.02 Å². The molecule has 3 atom stereocenters. The molecule has 0 amide bonds. The van der Waals surface area contributed by atoms with Crippen molar-refractivity contribution in [1.29, 1.82) is 0 Å². The maximum Gasteiger partial charge on any atom is 0.185 e. The van der Waals surface area contributed by atoms with Crippen molar-refractivity contribution < 1.29 is 9.21 Å². The SMILES string of the molecule is O=C(/C=C/c1ccco1)c1ccc2c(c1)[C@@H]1C=CC[C@@H]1[C@H](c1ccc(Cl)cc1)N2. The number of hydrogen-bond donors (Lipinski definition) is 1. The first-order valence-electron chi connectivity index (χ1n) is 9.77. The van der Waals surface area contributed by atoms with E-state index in [2.05, 4.69) is 29.6 Å². The van der Waals surface area contributed by atoms with Gasteiger partial charge < -0.3 is 9.73 Å². The molecule has 0 unspecified atom stereocenters. The molecular formula is C25H20ClNO2. The molecule has 0 saturated heterocycles. The summed E-state index contributed by atoms with van der Waals surface area (Å²) in [6.45, 7) is 0. The molecule has 29 heavy (non-hydrogen) atoms. The van der Waals surface area contributed by atoms with Gasteiger partial charge in [-0.1, -0.05) is 35.9 Å². The monoisotopic (exact) mass is 401 g/mol. The van der Waals surface area contributed by atoms with Crippen molar-refractivity contribution in [2.75, 3.05) is 5.32 Å². The molecule has 1 aromatic heterocycles. The van der Waals surface area contributed by atoms with Crippen molar-refractivity contribution in [3.05, 3.63) is 107 Å². The first kappa shape index (κ1) is 18.0. The lowest BCUT2D eigenvalue weighted by Crippen LogP contribution is -2.29. The second kappa shape index (κ2) is 7.41. The van der Waals surface area contributed by atoms with Crippen molar-refractivity contribution in [2.24, 2.45) is 5.92 Å². The van der Waals surface area contributed by atoms with Crippen molar-refractivity contribution >= 4 is 29.1 Å². The maximum absolute atomic E-state index is 12.7. The van der Waals surface area contributed by atoms with Crippen LogP contribution in [0.25, 0.3) is 6.08 Å². The number of fused-ring (bicyclic) bond motifs is 3. The molecule has 0 bridgehead atoms. The second-order valence-electron chi connectivity index (χ2n) is 7.54. The number of benzene rings is 2. The number of rotatable bonds is 4. The van der Waals surface area contributed by atoms with Crippen molar-refractivity contribution in [3.63, 3.8) is 0 Å². The van der Waals surface area contributed by atoms with Crippen LogP contribution < -0.4 is 5.32 Å². The van der Waals surface area contributed by atoms with E-state index in [1.165, 1.54) is 11.1 Å². The smallest absolute Gasteiger partial charge is 0.185 e. The van der Waals surface area contributed by atoms with E-state index in [9.17, 15) is 4.79 Å². The lowest BCUT2D eigenvalue weighted by Gasteiger charge is -2.37. The highest BCUT2D eigenvalue weighted by molar-refractivity contribution is 6.30. The molecule has 3 aromatic rings. The number of carbonyl (C=O) groups is 1. The maximum atomic E-state index is 12.7. The third-order valence-corrected chi connectivity index (χ3v) is 6.07. The van der Waals surface area contributed by atoms with E-state index in [4.69, 9.17) is 16.0 Å². The van der Waals surface area contributed by atoms with Gasteiger partial charge in [0.1, 0.15) is 5.76 Å². The Balaban J connectivity index is 1.45. The molecule has 1 aliphatic carbocycles. The van der Waals surface area contributed by atoms with E-state index in [-0.39, 0.29) is 11.8 Å². The van der Waals surface area contributed by atoms with Gasteiger partial charge in [-0.3, -0.25) is 4.79 Å². The molecule has 3 nitrogen and oxygen atoms in total. The van der Waals surface area contributed by atoms with Crippen molar-refractivity contribution in [3.8, 4) is 0 Å². The Morgan fingerprint density at radius 3 is 2.79 bits per heavy atom. The average molecular weight is 402 g/mol. The summed E-state index contributed by atoms with van der Waals surface area (Å²) in [5.74, 6) is 1.37. The third kappa shape index (κ3) is 3.43. The van der Waals surface area contributed by atoms with Crippen molar-refractivity contribution in [2.45, 2.75) is 18.4 Å². The van der Waals surface area contributed by atoms with Gasteiger partial charge in [0, 0.05) is 22.2 Å². The fourth-order valence-corrected chi connectivity index (χ4v) is 4.51. The lowest BCUT2D eigenvalue weighted by molar-refractivity contribution is 0.104. The highest BCUT2D eigenvalue weighted by Gasteiger charge is 2.38. The number of carbonyl (C=O) groups excluding carboxylic acids is 1. The average Bonchev–Trinajstić information content (AvgIpc) is 3.44. The predicted octanol–water partition coefficient (Wildman–Crippen LogP) is 6.66. The second-order valence-corrected chi connectivity index (χ2v) is 7.98. The van der Waals surface area contributed by atoms with E-state index in [1.807, 2.05) is 36.4 Å². The highest BCUT2D eigenvalue weighted by Crippen LogP contribution is 2.50. The van der Waals surface area contributed by atoms with Crippen LogP contribution in [0, 0.1) is 5.92 Å². The largest absolute Gasteiger partial charge is 0.465 e. The molecule has 2 aliphatic rings. The number of furan rings is 1. The Morgan fingerprint density at radius 1 is 1.14 bits per heavy atom. The Labute approximate surface area is 174 Å². The zero-order valence-electron chi connectivity index (χ0n) is 15.7. The van der Waals surface area contributed by atoms with E-state index < -0.39 is 0 Å². The van der Waals surface area contributed by atoms with Crippen LogP contribution in [0.1, 0.15) is 45.6 Å². The van der Waals surface area contributed by atoms with Crippen LogP contribution in [-0.4, -0.2) is 5.78 Å². The Hall–Kier alpha value is -3.04. The van der Waals surface area contributed by atoms with Crippen LogP contribution in [0.3, 0.4) is 0 Å². The molecule has 1 N–H and O–H groups in total. The molecule has 0 spiro atoms. The first-order valence-corrected chi connectivity index (χ1v) is 10.2. The summed E-state index contributed by atoms with van der Waals surface area (Å²) in [6, 6.07) is 17.9. The van der Waals surface area contributed by atoms with Gasteiger partial charge in [0.05, 0.1) is 12.3 Å². The summed E-state index contributed by atoms with van der Waals surface area (Å²) in [7, 11) is 0. The van der Waals surface area contributed by atoms with Gasteiger partial charge in [-0.15, -0.1) is 0 Å². The normalized spacial score (nSPS) is 22.3. The summed E-state index contributed by atoms with van der Waals surface area (Å²) in [6.07, 6.45) is 10.4. The topological polar surface area (TPSA) is 42.2 Å². The van der Waals surface area contributed by atoms with E-state index in [1.54, 1.807) is 24.5 Å². The first-order chi connectivity index (χ1) is 14.2. The zero-order valence-corrected chi connectivity index (χ0v) is 16.5. The molecule has 0 radical (unpaired) electrons. The molecule has 1 aliphatic heterocycles. The van der Waals surface area contributed by atoms with Crippen LogP contribution in [-0.2, 0) is 0 Å². The van der Waals surface area contributed by atoms with Crippen LogP contribution in [0.4, 0.5) is 5.69 Å². The fourth-order valence-electron chi connectivity index (χ4n) is 4.39. The Morgan fingerprint density at radius 2 is 2.00 bits per heavy atom. The van der Waals surface area contributed by atoms with Gasteiger partial charge in [-0.05, 0) is 78.1 Å². The van der Waals surface area contributed by atoms with Gasteiger partial charge in [0.25, 0.3) is 0 Å². The van der Waals surface area contributed by atoms with Crippen LogP contribution in [0.15, 0.2) is 83.5 Å². The molecule has 2 heterocycles. The molecule has 0 saturated carbocycles. The zero-order chi connectivity index (χ0) is 19.8. The predicted molar refractivity (Wildman–Crippen MR) is 116 cm³/mol. The number of nitrogens with one attached hydrogen (secondary N) is 1. The van der Waals surface area contributed by atoms with E-state index >= 15 is 0 Å². The summed E-state index contributed by atoms with van der Waals surface area (Å²) in [5, 5.41) is 4.44. The van der Waals surface area contributed by atoms with Gasteiger partial charge in [-0.25, -0.2) is 0 Å². The van der Waals surface area contributed by atoms with Gasteiger partial charge in [0.15, 0.2) is 5.78 Å². The minimum Gasteiger partial charge on any atom is -0.465 e. The van der Waals surface area contributed by atoms with E-state index in [0.29, 0.717) is 23.2 Å². The third-order valence-electron chi connectivity index (χ3n) is 5.82. The number of anilines is 1. The van der Waals surface area contributed by atoms with Gasteiger partial charge in [-0.2, -0.15) is 0 Å². The summed E-state index contributed by atoms with van der Waals surface area (Å²) in [5.41, 5.74) is 4.20. The summed E-state index contributed by atoms with van der Waals surface area (Å²) in [4.78, 5) is 12.7. The Bertz CT molecular complexity index is 1100. The highest BCUT2D eigenvalue weighted by atomic mass is 35.5. The summed E-state index contributed by atoms with van der Waals surface area (Å²) >= 11 is 6.07. The van der Waals surface area contributed by atoms with Crippen LogP contribution >= 0.6 is 11.6 Å². The minimum absolute atomic E-state index is 0.0254. The number of ketones is 1. The fraction of sp³-hybridized carbons (Fsp3) is 0.160. The number of halogens is 1. The molecular weight excluding hydrogens is 382 g/mol.